The highest BCUT2D eigenvalue weighted by Crippen LogP contribution is 2.43. The molecule has 0 bridgehead atoms. The summed E-state index contributed by atoms with van der Waals surface area (Å²) in [6, 6.07) is 25.4. The van der Waals surface area contributed by atoms with Crippen molar-refractivity contribution in [3.8, 4) is 11.5 Å². The summed E-state index contributed by atoms with van der Waals surface area (Å²) in [5.41, 5.74) is 3.49. The molecule has 6 rings (SSSR count). The topological polar surface area (TPSA) is 204 Å². The summed E-state index contributed by atoms with van der Waals surface area (Å²) in [5, 5.41) is 36.4. The molecule has 12 nitrogen and oxygen atoms in total. The first-order valence-corrected chi connectivity index (χ1v) is 18.2. The molecule has 0 heterocycles. The van der Waals surface area contributed by atoms with Crippen molar-refractivity contribution in [2.75, 3.05) is 0 Å². The zero-order chi connectivity index (χ0) is 34.8. The van der Waals surface area contributed by atoms with E-state index in [1.54, 1.807) is 36.4 Å². The summed E-state index contributed by atoms with van der Waals surface area (Å²) in [6.45, 7) is 0. The van der Waals surface area contributed by atoms with Crippen LogP contribution in [0.1, 0.15) is 49.1 Å². The van der Waals surface area contributed by atoms with Gasteiger partial charge in [-0.1, -0.05) is 49.6 Å². The summed E-state index contributed by atoms with van der Waals surface area (Å²) in [4.78, 5) is -1.91. The van der Waals surface area contributed by atoms with Crippen molar-refractivity contribution < 1.29 is 36.2 Å². The number of fused-ring (bicyclic) bond motifs is 1. The molecule has 1 aliphatic carbocycles. The number of azo groups is 2. The maximum atomic E-state index is 12.1. The van der Waals surface area contributed by atoms with Crippen LogP contribution in [0.25, 0.3) is 10.8 Å². The molecule has 0 saturated heterocycles. The second kappa shape index (κ2) is 13.8. The molecule has 1 fully saturated rings. The molecule has 1 atom stereocenters. The van der Waals surface area contributed by atoms with Crippen molar-refractivity contribution in [1.29, 1.82) is 0 Å². The molecule has 0 spiro atoms. The normalized spacial score (nSPS) is 15.3. The number of aromatic hydroxyl groups is 2. The highest BCUT2D eigenvalue weighted by Gasteiger charge is 2.27. The average Bonchev–Trinajstić information content (AvgIpc) is 3.08. The molecule has 5 aromatic rings. The first kappa shape index (κ1) is 33.9. The molecular formula is C35H30N4O8S2-2. The molecule has 1 aliphatic rings. The summed E-state index contributed by atoms with van der Waals surface area (Å²) >= 11 is 0. The second-order valence-corrected chi connectivity index (χ2v) is 14.6. The fourth-order valence-corrected chi connectivity index (χ4v) is 7.60. The molecule has 49 heavy (non-hydrogen) atoms. The van der Waals surface area contributed by atoms with Gasteiger partial charge < -0.3 is 19.3 Å². The zero-order valence-corrected chi connectivity index (χ0v) is 27.5. The van der Waals surface area contributed by atoms with Gasteiger partial charge in [-0.05, 0) is 102 Å². The number of hydrogen-bond acceptors (Lipinski definition) is 12. The SMILES string of the molecule is O=S(=O)([O-])c1cc(S(=O)(=O)[O-])c2c(N=Nc3ccc(C(c4ccc(N=Nc5ccc(O)cc5)cc4)C4CCCCC4)cc3)c(O)ccc2c1. The molecule has 5 aromatic carbocycles. The third-order valence-electron chi connectivity index (χ3n) is 8.59. The molecule has 0 aliphatic heterocycles. The largest absolute Gasteiger partial charge is 0.744 e. The predicted octanol–water partition coefficient (Wildman–Crippen LogP) is 8.60. The maximum Gasteiger partial charge on any atom is 0.143 e. The summed E-state index contributed by atoms with van der Waals surface area (Å²) in [7, 11) is -10.4. The summed E-state index contributed by atoms with van der Waals surface area (Å²) in [5.74, 6) is 0.155. The van der Waals surface area contributed by atoms with E-state index in [4.69, 9.17) is 0 Å². The Kier molecular flexibility index (Phi) is 9.56. The van der Waals surface area contributed by atoms with Gasteiger partial charge in [-0.3, -0.25) is 0 Å². The van der Waals surface area contributed by atoms with Gasteiger partial charge >= 0.3 is 0 Å². The Morgan fingerprint density at radius 2 is 1.12 bits per heavy atom. The number of hydrogen-bond donors (Lipinski definition) is 2. The van der Waals surface area contributed by atoms with Crippen molar-refractivity contribution in [1.82, 2.24) is 0 Å². The molecule has 1 saturated carbocycles. The highest BCUT2D eigenvalue weighted by molar-refractivity contribution is 7.86. The fourth-order valence-electron chi connectivity index (χ4n) is 6.26. The number of nitrogens with zero attached hydrogens (tertiary/aromatic N) is 4. The lowest BCUT2D eigenvalue weighted by atomic mass is 9.73. The molecule has 1 unspecified atom stereocenters. The van der Waals surface area contributed by atoms with Gasteiger partial charge in [-0.15, -0.1) is 5.11 Å². The Morgan fingerprint density at radius 1 is 0.612 bits per heavy atom. The van der Waals surface area contributed by atoms with Crippen molar-refractivity contribution in [2.24, 2.45) is 26.4 Å². The Balaban J connectivity index is 1.31. The fraction of sp³-hybridized carbons (Fsp3) is 0.200. The van der Waals surface area contributed by atoms with Crippen LogP contribution in [-0.2, 0) is 20.2 Å². The standard InChI is InChI=1S/C35H32N4O8S2/c40-29-17-15-28(16-18-29)37-36-26-11-6-23(7-12-26)33(22-4-2-1-3-5-22)24-8-13-27(14-9-24)38-39-35-31(41)19-10-25-20-30(48(42,43)44)21-32(34(25)35)49(45,46)47/h6-22,33,40-41H,1-5H2,(H,42,43,44)(H,45,46,47)/p-2. The maximum absolute atomic E-state index is 12.1. The van der Waals surface area contributed by atoms with Gasteiger partial charge in [0.05, 0.1) is 26.9 Å². The lowest BCUT2D eigenvalue weighted by Gasteiger charge is -2.31. The Bertz CT molecular complexity index is 2270. The highest BCUT2D eigenvalue weighted by atomic mass is 32.2. The van der Waals surface area contributed by atoms with Crippen molar-refractivity contribution in [3.63, 3.8) is 0 Å². The summed E-state index contributed by atoms with van der Waals surface area (Å²) < 4.78 is 71.2. The van der Waals surface area contributed by atoms with Crippen LogP contribution in [0.15, 0.2) is 127 Å². The molecule has 0 radical (unpaired) electrons. The van der Waals surface area contributed by atoms with Gasteiger partial charge in [0.1, 0.15) is 37.4 Å². The van der Waals surface area contributed by atoms with Crippen molar-refractivity contribution in [2.45, 2.75) is 47.8 Å². The minimum absolute atomic E-state index is 0.0906. The number of phenolic OH excluding ortho intramolecular Hbond substituents is 2. The first-order valence-electron chi connectivity index (χ1n) is 15.4. The average molecular weight is 699 g/mol. The van der Waals surface area contributed by atoms with Crippen LogP contribution in [0.2, 0.25) is 0 Å². The lowest BCUT2D eigenvalue weighted by Crippen LogP contribution is -2.17. The van der Waals surface area contributed by atoms with Gasteiger partial charge in [0.15, 0.2) is 0 Å². The third-order valence-corrected chi connectivity index (χ3v) is 10.3. The van der Waals surface area contributed by atoms with Crippen molar-refractivity contribution in [3.05, 3.63) is 108 Å². The lowest BCUT2D eigenvalue weighted by molar-refractivity contribution is 0.327. The third kappa shape index (κ3) is 7.84. The van der Waals surface area contributed by atoms with Gasteiger partial charge in [0.2, 0.25) is 0 Å². The van der Waals surface area contributed by atoms with Crippen LogP contribution in [0.3, 0.4) is 0 Å². The van der Waals surface area contributed by atoms with Gasteiger partial charge in [-0.25, -0.2) is 16.8 Å². The van der Waals surface area contributed by atoms with E-state index in [0.29, 0.717) is 29.0 Å². The molecule has 0 aromatic heterocycles. The van der Waals surface area contributed by atoms with E-state index in [9.17, 15) is 36.2 Å². The van der Waals surface area contributed by atoms with Crippen molar-refractivity contribution >= 4 is 53.8 Å². The first-order chi connectivity index (χ1) is 23.4. The molecule has 14 heteroatoms. The Morgan fingerprint density at radius 3 is 1.63 bits per heavy atom. The Hall–Kier alpha value is -5.02. The van der Waals surface area contributed by atoms with E-state index in [1.165, 1.54) is 12.5 Å². The quantitative estimate of drug-likeness (QED) is 0.112. The van der Waals surface area contributed by atoms with Gasteiger partial charge in [-0.2, -0.15) is 15.3 Å². The Labute approximate surface area is 283 Å². The van der Waals surface area contributed by atoms with Crippen LogP contribution in [0.5, 0.6) is 11.5 Å². The van der Waals surface area contributed by atoms with Crippen LogP contribution in [-0.4, -0.2) is 36.2 Å². The molecule has 0 amide bonds. The van der Waals surface area contributed by atoms with Crippen LogP contribution < -0.4 is 0 Å². The predicted molar refractivity (Wildman–Crippen MR) is 179 cm³/mol. The van der Waals surface area contributed by atoms with E-state index in [2.05, 4.69) is 20.5 Å². The van der Waals surface area contributed by atoms with Crippen LogP contribution in [0, 0.1) is 5.92 Å². The zero-order valence-electron chi connectivity index (χ0n) is 25.9. The van der Waals surface area contributed by atoms with Crippen LogP contribution in [0.4, 0.5) is 22.7 Å². The van der Waals surface area contributed by atoms with E-state index in [1.807, 2.05) is 36.4 Å². The summed E-state index contributed by atoms with van der Waals surface area (Å²) in [6.07, 6.45) is 5.64. The van der Waals surface area contributed by atoms with E-state index >= 15 is 0 Å². The minimum Gasteiger partial charge on any atom is -0.744 e. The second-order valence-electron chi connectivity index (χ2n) is 11.8. The van der Waals surface area contributed by atoms with E-state index in [-0.39, 0.29) is 28.1 Å². The monoisotopic (exact) mass is 698 g/mol. The smallest absolute Gasteiger partial charge is 0.143 e. The van der Waals surface area contributed by atoms with Crippen LogP contribution >= 0.6 is 0 Å². The van der Waals surface area contributed by atoms with E-state index in [0.717, 1.165) is 48.9 Å². The molecular weight excluding hydrogens is 669 g/mol. The van der Waals surface area contributed by atoms with Gasteiger partial charge in [0, 0.05) is 11.3 Å². The van der Waals surface area contributed by atoms with Gasteiger partial charge in [0.25, 0.3) is 0 Å². The minimum atomic E-state index is -5.29. The molecule has 252 valence electrons. The van der Waals surface area contributed by atoms with E-state index < -0.39 is 35.8 Å². The number of benzene rings is 5. The molecule has 2 N–H and O–H groups in total. The number of rotatable bonds is 9. The number of phenols is 2.